The van der Waals surface area contributed by atoms with E-state index in [1.165, 1.54) is 43.2 Å². The van der Waals surface area contributed by atoms with Gasteiger partial charge in [0.15, 0.2) is 5.82 Å². The zero-order chi connectivity index (χ0) is 38.2. The maximum atomic E-state index is 6.41. The minimum Gasteiger partial charge on any atom is -0.482 e. The molecule has 0 saturated carbocycles. The molecule has 12 rings (SSSR count). The molecule has 8 aromatic rings. The smallest absolute Gasteiger partial charge is 0.160 e. The molecule has 4 aliphatic rings. The van der Waals surface area contributed by atoms with Crippen LogP contribution in [0.5, 0.6) is 5.75 Å². The molecule has 0 amide bonds. The molecule has 2 aliphatic carbocycles. The van der Waals surface area contributed by atoms with E-state index in [1.54, 1.807) is 0 Å². The van der Waals surface area contributed by atoms with Crippen LogP contribution in [0.2, 0.25) is 0 Å². The van der Waals surface area contributed by atoms with Crippen LogP contribution in [0.25, 0.3) is 45.0 Å². The van der Waals surface area contributed by atoms with Gasteiger partial charge in [-0.3, -0.25) is 0 Å². The van der Waals surface area contributed by atoms with Gasteiger partial charge in [-0.15, -0.1) is 0 Å². The average molecular weight is 762 g/mol. The molecule has 0 fully saturated rings. The monoisotopic (exact) mass is 761 g/mol. The van der Waals surface area contributed by atoms with Crippen molar-refractivity contribution in [3.8, 4) is 50.8 Å². The van der Waals surface area contributed by atoms with Crippen LogP contribution in [-0.4, -0.2) is 22.1 Å². The third-order valence-electron chi connectivity index (χ3n) is 12.1. The van der Waals surface area contributed by atoms with E-state index in [1.807, 2.05) is 23.9 Å². The van der Waals surface area contributed by atoms with Gasteiger partial charge in [-0.05, 0) is 88.0 Å². The van der Waals surface area contributed by atoms with E-state index >= 15 is 0 Å². The molecule has 4 nitrogen and oxygen atoms in total. The predicted molar refractivity (Wildman–Crippen MR) is 235 cm³/mol. The third-order valence-corrected chi connectivity index (χ3v) is 13.2. The van der Waals surface area contributed by atoms with E-state index in [4.69, 9.17) is 14.7 Å². The van der Waals surface area contributed by atoms with Gasteiger partial charge in [0.25, 0.3) is 0 Å². The molecule has 2 atom stereocenters. The van der Waals surface area contributed by atoms with Crippen molar-refractivity contribution in [1.29, 1.82) is 0 Å². The quantitative estimate of drug-likeness (QED) is 0.179. The van der Waals surface area contributed by atoms with Crippen molar-refractivity contribution in [3.05, 3.63) is 222 Å². The summed E-state index contributed by atoms with van der Waals surface area (Å²) in [7, 11) is 0. The van der Waals surface area contributed by atoms with Crippen molar-refractivity contribution in [2.45, 2.75) is 27.4 Å². The average Bonchev–Trinajstić information content (AvgIpc) is 3.59. The Morgan fingerprint density at radius 1 is 0.500 bits per heavy atom. The molecule has 7 aromatic carbocycles. The Kier molecular flexibility index (Phi) is 7.47. The van der Waals surface area contributed by atoms with E-state index < -0.39 is 5.41 Å². The number of anilines is 2. The van der Waals surface area contributed by atoms with Gasteiger partial charge in [-0.25, -0.2) is 9.97 Å². The highest BCUT2D eigenvalue weighted by Crippen LogP contribution is 2.62. The molecule has 1 spiro atoms. The third kappa shape index (κ3) is 4.96. The largest absolute Gasteiger partial charge is 0.482 e. The fourth-order valence-corrected chi connectivity index (χ4v) is 10.7. The van der Waals surface area contributed by atoms with Gasteiger partial charge < -0.3 is 9.64 Å². The molecule has 2 unspecified atom stereocenters. The number of para-hydroxylation sites is 2. The Morgan fingerprint density at radius 3 is 1.91 bits per heavy atom. The van der Waals surface area contributed by atoms with Crippen LogP contribution in [-0.2, 0) is 5.41 Å². The van der Waals surface area contributed by atoms with Crippen molar-refractivity contribution in [1.82, 2.24) is 9.97 Å². The molecule has 3 heterocycles. The number of ether oxygens (including phenoxy) is 1. The Balaban J connectivity index is 1.01. The summed E-state index contributed by atoms with van der Waals surface area (Å²) in [4.78, 5) is 15.5. The summed E-state index contributed by atoms with van der Waals surface area (Å²) in [5.41, 5.74) is 14.4. The number of rotatable bonds is 4. The highest BCUT2D eigenvalue weighted by atomic mass is 32.2. The molecule has 2 aliphatic heterocycles. The van der Waals surface area contributed by atoms with Crippen molar-refractivity contribution < 1.29 is 4.74 Å². The summed E-state index contributed by atoms with van der Waals surface area (Å²) in [6, 6.07) is 63.4. The Labute approximate surface area is 341 Å². The predicted octanol–water partition coefficient (Wildman–Crippen LogP) is 12.7. The van der Waals surface area contributed by atoms with Gasteiger partial charge in [0, 0.05) is 32.2 Å². The van der Waals surface area contributed by atoms with Gasteiger partial charge in [-0.1, -0.05) is 157 Å². The first-order chi connectivity index (χ1) is 28.7. The number of hydrogen-bond donors (Lipinski definition) is 0. The van der Waals surface area contributed by atoms with E-state index in [-0.39, 0.29) is 12.1 Å². The number of benzene rings is 7. The van der Waals surface area contributed by atoms with Crippen LogP contribution in [0, 0.1) is 0 Å². The van der Waals surface area contributed by atoms with Gasteiger partial charge in [0.1, 0.15) is 11.9 Å². The number of allylic oxidation sites excluding steroid dienone is 2. The van der Waals surface area contributed by atoms with Gasteiger partial charge in [0.2, 0.25) is 0 Å². The molecule has 0 saturated heterocycles. The SMILES string of the molecule is C1=CC2Oc3ccccc3N(c3ccc(-c4cc(-c5ccc6c(c5)C5(c7ccccc7S6)c6ccccc6-c6ccccc65)nc(-c5ccccc5)n4)cc3)C2C=C1. The summed E-state index contributed by atoms with van der Waals surface area (Å²) >= 11 is 1.86. The summed E-state index contributed by atoms with van der Waals surface area (Å²) in [6.45, 7) is 0. The molecule has 5 heteroatoms. The zero-order valence-corrected chi connectivity index (χ0v) is 32.2. The molecular formula is C53H35N3OS. The summed E-state index contributed by atoms with van der Waals surface area (Å²) in [5.74, 6) is 1.59. The van der Waals surface area contributed by atoms with Crippen LogP contribution in [0.1, 0.15) is 22.3 Å². The van der Waals surface area contributed by atoms with Gasteiger partial charge in [-0.2, -0.15) is 0 Å². The summed E-state index contributed by atoms with van der Waals surface area (Å²) < 4.78 is 6.41. The second kappa shape index (κ2) is 13.1. The van der Waals surface area contributed by atoms with E-state index in [2.05, 4.69) is 193 Å². The van der Waals surface area contributed by atoms with Crippen molar-refractivity contribution in [3.63, 3.8) is 0 Å². The minimum atomic E-state index is -0.464. The highest BCUT2D eigenvalue weighted by Gasteiger charge is 2.50. The lowest BCUT2D eigenvalue weighted by Crippen LogP contribution is -2.46. The van der Waals surface area contributed by atoms with Crippen molar-refractivity contribution in [2.75, 3.05) is 4.90 Å². The van der Waals surface area contributed by atoms with Crippen LogP contribution >= 0.6 is 11.8 Å². The lowest BCUT2D eigenvalue weighted by molar-refractivity contribution is 0.218. The second-order valence-electron chi connectivity index (χ2n) is 15.2. The first-order valence-corrected chi connectivity index (χ1v) is 20.6. The Bertz CT molecular complexity index is 2940. The van der Waals surface area contributed by atoms with Crippen LogP contribution in [0.3, 0.4) is 0 Å². The fraction of sp³-hybridized carbons (Fsp3) is 0.0566. The van der Waals surface area contributed by atoms with Gasteiger partial charge in [0.05, 0.1) is 28.5 Å². The molecule has 0 radical (unpaired) electrons. The molecule has 0 N–H and O–H groups in total. The van der Waals surface area contributed by atoms with E-state index in [0.29, 0.717) is 5.82 Å². The van der Waals surface area contributed by atoms with Crippen LogP contribution in [0.4, 0.5) is 11.4 Å². The summed E-state index contributed by atoms with van der Waals surface area (Å²) in [5, 5.41) is 0. The molecule has 0 bridgehead atoms. The van der Waals surface area contributed by atoms with Crippen LogP contribution < -0.4 is 9.64 Å². The molecular weight excluding hydrogens is 727 g/mol. The number of nitrogens with zero attached hydrogens (tertiary/aromatic N) is 3. The fourth-order valence-electron chi connectivity index (χ4n) is 9.56. The number of fused-ring (bicyclic) bond motifs is 11. The maximum Gasteiger partial charge on any atom is 0.160 e. The first kappa shape index (κ1) is 33.2. The Hall–Kier alpha value is -6.95. The standard InChI is InChI=1S/C53H35N3OS/c1-2-14-35(15-3-1)52-54-44(34-26-29-37(30-27-34)56-46-21-9-11-23-48(46)57-49-24-12-10-22-47(49)56)33-45(55-52)36-28-31-51-43(32-36)53(42-20-8-13-25-50(42)58-51)40-18-6-4-16-38(40)39-17-5-7-19-41(39)53/h1-33,46,48H. The van der Waals surface area contributed by atoms with Crippen molar-refractivity contribution >= 4 is 23.1 Å². The lowest BCUT2D eigenvalue weighted by atomic mass is 9.67. The van der Waals surface area contributed by atoms with Crippen LogP contribution in [0.15, 0.2) is 210 Å². The van der Waals surface area contributed by atoms with E-state index in [9.17, 15) is 0 Å². The highest BCUT2D eigenvalue weighted by molar-refractivity contribution is 7.99. The van der Waals surface area contributed by atoms with Crippen molar-refractivity contribution in [2.24, 2.45) is 0 Å². The molecule has 58 heavy (non-hydrogen) atoms. The topological polar surface area (TPSA) is 38.2 Å². The second-order valence-corrected chi connectivity index (χ2v) is 16.3. The molecule has 274 valence electrons. The number of hydrogen-bond acceptors (Lipinski definition) is 5. The Morgan fingerprint density at radius 2 is 1.12 bits per heavy atom. The maximum absolute atomic E-state index is 6.41. The van der Waals surface area contributed by atoms with E-state index in [0.717, 1.165) is 45.2 Å². The molecule has 1 aromatic heterocycles. The van der Waals surface area contributed by atoms with Gasteiger partial charge >= 0.3 is 0 Å². The normalized spacial score (nSPS) is 17.3. The first-order valence-electron chi connectivity index (χ1n) is 19.8. The lowest BCUT2D eigenvalue weighted by Gasteiger charge is -2.42. The minimum absolute atomic E-state index is 0.0531. The number of aromatic nitrogens is 2. The summed E-state index contributed by atoms with van der Waals surface area (Å²) in [6.07, 6.45) is 8.47. The zero-order valence-electron chi connectivity index (χ0n) is 31.4.